The SMILES string of the molecule is O=C(c1ccc(-c2ccccc2)cc1)[C@@H]1CCCN(C(=O)CCn2cccn2)C1. The van der Waals surface area contributed by atoms with Gasteiger partial charge < -0.3 is 4.90 Å². The van der Waals surface area contributed by atoms with E-state index in [-0.39, 0.29) is 17.6 Å². The summed E-state index contributed by atoms with van der Waals surface area (Å²) >= 11 is 0. The molecule has 1 atom stereocenters. The third kappa shape index (κ3) is 4.62. The summed E-state index contributed by atoms with van der Waals surface area (Å²) in [5.41, 5.74) is 2.96. The van der Waals surface area contributed by atoms with Crippen LogP contribution in [-0.2, 0) is 11.3 Å². The molecule has 1 aliphatic heterocycles. The number of carbonyl (C=O) groups is 2. The minimum Gasteiger partial charge on any atom is -0.342 e. The van der Waals surface area contributed by atoms with E-state index in [2.05, 4.69) is 17.2 Å². The summed E-state index contributed by atoms with van der Waals surface area (Å²) in [6.45, 7) is 1.81. The molecule has 1 saturated heterocycles. The molecule has 1 aliphatic rings. The van der Waals surface area contributed by atoms with E-state index in [1.165, 1.54) is 0 Å². The summed E-state index contributed by atoms with van der Waals surface area (Å²) in [6, 6.07) is 19.8. The van der Waals surface area contributed by atoms with Gasteiger partial charge in [-0.2, -0.15) is 5.10 Å². The molecule has 1 aromatic heterocycles. The van der Waals surface area contributed by atoms with E-state index in [4.69, 9.17) is 0 Å². The first kappa shape index (κ1) is 19.1. The van der Waals surface area contributed by atoms with Gasteiger partial charge in [-0.1, -0.05) is 54.6 Å². The zero-order valence-electron chi connectivity index (χ0n) is 16.4. The molecule has 0 N–H and O–H groups in total. The number of rotatable bonds is 6. The van der Waals surface area contributed by atoms with Gasteiger partial charge in [0, 0.05) is 49.9 Å². The van der Waals surface area contributed by atoms with Crippen molar-refractivity contribution in [3.63, 3.8) is 0 Å². The van der Waals surface area contributed by atoms with Gasteiger partial charge in [0.25, 0.3) is 0 Å². The Balaban J connectivity index is 1.37. The Kier molecular flexibility index (Phi) is 5.84. The highest BCUT2D eigenvalue weighted by Crippen LogP contribution is 2.24. The van der Waals surface area contributed by atoms with Crippen molar-refractivity contribution in [3.8, 4) is 11.1 Å². The van der Waals surface area contributed by atoms with E-state index in [0.29, 0.717) is 19.5 Å². The second-order valence-electron chi connectivity index (χ2n) is 7.51. The third-order valence-corrected chi connectivity index (χ3v) is 5.54. The molecule has 0 spiro atoms. The lowest BCUT2D eigenvalue weighted by atomic mass is 9.89. The Labute approximate surface area is 171 Å². The number of amides is 1. The first-order valence-corrected chi connectivity index (χ1v) is 10.2. The number of nitrogens with zero attached hydrogens (tertiary/aromatic N) is 3. The summed E-state index contributed by atoms with van der Waals surface area (Å²) < 4.78 is 1.76. The number of likely N-dealkylation sites (tertiary alicyclic amines) is 1. The maximum absolute atomic E-state index is 13.0. The van der Waals surface area contributed by atoms with Gasteiger partial charge in [0.1, 0.15) is 0 Å². The van der Waals surface area contributed by atoms with Gasteiger partial charge in [-0.25, -0.2) is 0 Å². The van der Waals surface area contributed by atoms with Crippen molar-refractivity contribution in [1.82, 2.24) is 14.7 Å². The number of Topliss-reactive ketones (excluding diaryl/α,β-unsaturated/α-hetero) is 1. The first-order valence-electron chi connectivity index (χ1n) is 10.2. The lowest BCUT2D eigenvalue weighted by Crippen LogP contribution is -2.42. The molecule has 5 nitrogen and oxygen atoms in total. The number of aryl methyl sites for hydroxylation is 1. The molecule has 29 heavy (non-hydrogen) atoms. The molecular weight excluding hydrogens is 362 g/mol. The van der Waals surface area contributed by atoms with Crippen molar-refractivity contribution < 1.29 is 9.59 Å². The van der Waals surface area contributed by atoms with Gasteiger partial charge in [0.15, 0.2) is 5.78 Å². The summed E-state index contributed by atoms with van der Waals surface area (Å²) in [7, 11) is 0. The predicted octanol–water partition coefficient (Wildman–Crippen LogP) is 4.06. The molecule has 0 unspecified atom stereocenters. The van der Waals surface area contributed by atoms with Crippen molar-refractivity contribution in [2.24, 2.45) is 5.92 Å². The third-order valence-electron chi connectivity index (χ3n) is 5.54. The van der Waals surface area contributed by atoms with Gasteiger partial charge in [0.2, 0.25) is 5.91 Å². The lowest BCUT2D eigenvalue weighted by Gasteiger charge is -2.32. The van der Waals surface area contributed by atoms with Crippen LogP contribution in [0.4, 0.5) is 0 Å². The summed E-state index contributed by atoms with van der Waals surface area (Å²) in [5, 5.41) is 4.14. The number of hydrogen-bond acceptors (Lipinski definition) is 3. The van der Waals surface area contributed by atoms with E-state index in [1.54, 1.807) is 10.9 Å². The van der Waals surface area contributed by atoms with Crippen molar-refractivity contribution >= 4 is 11.7 Å². The number of hydrogen-bond donors (Lipinski definition) is 0. The number of ketones is 1. The molecule has 1 fully saturated rings. The van der Waals surface area contributed by atoms with Gasteiger partial charge >= 0.3 is 0 Å². The summed E-state index contributed by atoms with van der Waals surface area (Å²) in [4.78, 5) is 27.4. The number of benzene rings is 2. The van der Waals surface area contributed by atoms with Gasteiger partial charge in [0.05, 0.1) is 0 Å². The number of carbonyl (C=O) groups excluding carboxylic acids is 2. The van der Waals surface area contributed by atoms with Crippen LogP contribution in [0.3, 0.4) is 0 Å². The highest BCUT2D eigenvalue weighted by Gasteiger charge is 2.28. The second-order valence-corrected chi connectivity index (χ2v) is 7.51. The van der Waals surface area contributed by atoms with Crippen molar-refractivity contribution in [3.05, 3.63) is 78.6 Å². The van der Waals surface area contributed by atoms with Crippen LogP contribution in [-0.4, -0.2) is 39.5 Å². The average Bonchev–Trinajstić information content (AvgIpc) is 3.31. The number of piperidine rings is 1. The fourth-order valence-electron chi connectivity index (χ4n) is 3.91. The van der Waals surface area contributed by atoms with Crippen LogP contribution in [0.2, 0.25) is 0 Å². The smallest absolute Gasteiger partial charge is 0.224 e. The van der Waals surface area contributed by atoms with Gasteiger partial charge in [-0.15, -0.1) is 0 Å². The zero-order valence-corrected chi connectivity index (χ0v) is 16.4. The highest BCUT2D eigenvalue weighted by molar-refractivity contribution is 5.98. The summed E-state index contributed by atoms with van der Waals surface area (Å²) in [6.07, 6.45) is 5.68. The number of aromatic nitrogens is 2. The fourth-order valence-corrected chi connectivity index (χ4v) is 3.91. The Morgan fingerprint density at radius 1 is 0.966 bits per heavy atom. The van der Waals surface area contributed by atoms with Crippen LogP contribution < -0.4 is 0 Å². The summed E-state index contributed by atoms with van der Waals surface area (Å²) in [5.74, 6) is 0.103. The molecule has 4 rings (SSSR count). The molecular formula is C24H25N3O2. The zero-order chi connectivity index (χ0) is 20.1. The van der Waals surface area contributed by atoms with Crippen LogP contribution in [0.1, 0.15) is 29.6 Å². The Bertz CT molecular complexity index is 950. The maximum Gasteiger partial charge on any atom is 0.224 e. The first-order chi connectivity index (χ1) is 14.2. The van der Waals surface area contributed by atoms with Crippen LogP contribution in [0.5, 0.6) is 0 Å². The monoisotopic (exact) mass is 387 g/mol. The van der Waals surface area contributed by atoms with E-state index in [1.807, 2.05) is 59.6 Å². The van der Waals surface area contributed by atoms with Crippen molar-refractivity contribution in [2.75, 3.05) is 13.1 Å². The quantitative estimate of drug-likeness (QED) is 0.599. The Hall–Kier alpha value is -3.21. The topological polar surface area (TPSA) is 55.2 Å². The highest BCUT2D eigenvalue weighted by atomic mass is 16.2. The molecule has 2 heterocycles. The predicted molar refractivity (Wildman–Crippen MR) is 112 cm³/mol. The second kappa shape index (κ2) is 8.86. The van der Waals surface area contributed by atoms with Gasteiger partial charge in [-0.3, -0.25) is 14.3 Å². The van der Waals surface area contributed by atoms with E-state index in [0.717, 1.165) is 36.1 Å². The fraction of sp³-hybridized carbons (Fsp3) is 0.292. The Morgan fingerprint density at radius 3 is 2.45 bits per heavy atom. The van der Waals surface area contributed by atoms with Gasteiger partial charge in [-0.05, 0) is 30.0 Å². The van der Waals surface area contributed by atoms with Crippen molar-refractivity contribution in [2.45, 2.75) is 25.8 Å². The van der Waals surface area contributed by atoms with Crippen LogP contribution in [0.25, 0.3) is 11.1 Å². The molecule has 1 amide bonds. The normalized spacial score (nSPS) is 16.6. The minimum absolute atomic E-state index is 0.0948. The Morgan fingerprint density at radius 2 is 1.72 bits per heavy atom. The standard InChI is InChI=1S/C24H25N3O2/c28-23(13-17-27-16-5-14-25-27)26-15-4-8-22(18-26)24(29)21-11-9-20(10-12-21)19-6-2-1-3-7-19/h1-3,5-7,9-12,14,16,22H,4,8,13,15,17-18H2/t22-/m1/s1. The van der Waals surface area contributed by atoms with Crippen LogP contribution >= 0.6 is 0 Å². The van der Waals surface area contributed by atoms with E-state index in [9.17, 15) is 9.59 Å². The van der Waals surface area contributed by atoms with Crippen molar-refractivity contribution in [1.29, 1.82) is 0 Å². The molecule has 148 valence electrons. The van der Waals surface area contributed by atoms with Crippen LogP contribution in [0.15, 0.2) is 73.1 Å². The average molecular weight is 387 g/mol. The lowest BCUT2D eigenvalue weighted by molar-refractivity contribution is -0.132. The maximum atomic E-state index is 13.0. The largest absolute Gasteiger partial charge is 0.342 e. The van der Waals surface area contributed by atoms with E-state index >= 15 is 0 Å². The molecule has 0 saturated carbocycles. The van der Waals surface area contributed by atoms with Crippen LogP contribution in [0, 0.1) is 5.92 Å². The minimum atomic E-state index is -0.125. The molecule has 3 aromatic rings. The van der Waals surface area contributed by atoms with E-state index < -0.39 is 0 Å². The molecule has 5 heteroatoms. The molecule has 0 aliphatic carbocycles. The molecule has 2 aromatic carbocycles. The molecule has 0 bridgehead atoms. The molecule has 0 radical (unpaired) electrons.